The lowest BCUT2D eigenvalue weighted by Crippen LogP contribution is -1.98. The zero-order valence-corrected chi connectivity index (χ0v) is 14.9. The molecule has 0 aliphatic carbocycles. The number of carboxylic acids is 1. The van der Waals surface area contributed by atoms with Crippen molar-refractivity contribution in [3.05, 3.63) is 63.6 Å². The van der Waals surface area contributed by atoms with Crippen LogP contribution in [0, 0.1) is 0 Å². The maximum Gasteiger partial charge on any atom is 0.335 e. The summed E-state index contributed by atoms with van der Waals surface area (Å²) in [5, 5.41) is 22.4. The van der Waals surface area contributed by atoms with Crippen molar-refractivity contribution in [3.63, 3.8) is 0 Å². The molecule has 0 spiro atoms. The van der Waals surface area contributed by atoms with E-state index in [1.807, 2.05) is 0 Å². The first kappa shape index (κ1) is 17.5. The van der Waals surface area contributed by atoms with Gasteiger partial charge in [-0.15, -0.1) is 22.8 Å². The van der Waals surface area contributed by atoms with Gasteiger partial charge in [-0.2, -0.15) is 9.78 Å². The zero-order chi connectivity index (χ0) is 18.0. The van der Waals surface area contributed by atoms with Gasteiger partial charge in [0.25, 0.3) is 0 Å². The fraction of sp³-hybridized carbons (Fsp3) is 0. The van der Waals surface area contributed by atoms with Crippen molar-refractivity contribution in [2.45, 2.75) is 5.16 Å². The fourth-order valence-electron chi connectivity index (χ4n) is 2.05. The minimum Gasteiger partial charge on any atom is -0.478 e. The fourth-order valence-corrected chi connectivity index (χ4v) is 2.74. The summed E-state index contributed by atoms with van der Waals surface area (Å²) in [5.41, 5.74) is 1.52. The molecule has 1 heterocycles. The summed E-state index contributed by atoms with van der Waals surface area (Å²) in [6.45, 7) is 0. The molecular formula is C16H10Cl2N4O2S. The van der Waals surface area contributed by atoms with E-state index in [0.29, 0.717) is 27.0 Å². The summed E-state index contributed by atoms with van der Waals surface area (Å²) in [6, 6.07) is 11.3. The van der Waals surface area contributed by atoms with Crippen molar-refractivity contribution in [2.75, 3.05) is 0 Å². The molecule has 0 amide bonds. The van der Waals surface area contributed by atoms with E-state index in [2.05, 4.69) is 27.9 Å². The number of aromatic nitrogens is 3. The maximum atomic E-state index is 10.9. The SMILES string of the molecule is O=C(O)c1ccc(C=Nn2c(S)nnc2-c2ccc(Cl)cc2Cl)cc1. The Kier molecular flexibility index (Phi) is 5.08. The first-order chi connectivity index (χ1) is 12.0. The average molecular weight is 393 g/mol. The molecular weight excluding hydrogens is 383 g/mol. The van der Waals surface area contributed by atoms with Crippen LogP contribution in [0.15, 0.2) is 52.7 Å². The monoisotopic (exact) mass is 392 g/mol. The molecule has 2 aromatic carbocycles. The third kappa shape index (κ3) is 3.84. The predicted octanol–water partition coefficient (Wildman–Crippen LogP) is 4.12. The smallest absolute Gasteiger partial charge is 0.335 e. The van der Waals surface area contributed by atoms with Gasteiger partial charge in [-0.3, -0.25) is 0 Å². The molecule has 126 valence electrons. The normalized spacial score (nSPS) is 11.2. The number of nitrogens with zero attached hydrogens (tertiary/aromatic N) is 4. The quantitative estimate of drug-likeness (QED) is 0.516. The van der Waals surface area contributed by atoms with Crippen LogP contribution in [0.2, 0.25) is 10.0 Å². The molecule has 3 aromatic rings. The zero-order valence-electron chi connectivity index (χ0n) is 12.5. The third-order valence-corrected chi connectivity index (χ3v) is 4.10. The first-order valence-corrected chi connectivity index (χ1v) is 8.13. The van der Waals surface area contributed by atoms with Crippen molar-refractivity contribution >= 4 is 48.0 Å². The topological polar surface area (TPSA) is 80.4 Å². The molecule has 0 saturated heterocycles. The standard InChI is InChI=1S/C16H10Cl2N4O2S/c17-11-5-6-12(13(18)7-11)14-20-21-16(25)22(14)19-8-9-1-3-10(4-2-9)15(23)24/h1-8H,(H,21,25)(H,23,24). The first-order valence-electron chi connectivity index (χ1n) is 6.93. The van der Waals surface area contributed by atoms with Gasteiger partial charge < -0.3 is 5.11 Å². The number of hydrogen-bond donors (Lipinski definition) is 2. The molecule has 0 unspecified atom stereocenters. The lowest BCUT2D eigenvalue weighted by Gasteiger charge is -2.04. The molecule has 3 rings (SSSR count). The van der Waals surface area contributed by atoms with Gasteiger partial charge in [0.15, 0.2) is 5.82 Å². The number of benzene rings is 2. The molecule has 25 heavy (non-hydrogen) atoms. The second-order valence-corrected chi connectivity index (χ2v) is 6.17. The summed E-state index contributed by atoms with van der Waals surface area (Å²) in [4.78, 5) is 10.9. The Morgan fingerprint density at radius 1 is 1.16 bits per heavy atom. The van der Waals surface area contributed by atoms with Gasteiger partial charge in [0, 0.05) is 10.6 Å². The lowest BCUT2D eigenvalue weighted by atomic mass is 10.1. The molecule has 1 N–H and O–H groups in total. The Hall–Kier alpha value is -2.35. The number of carbonyl (C=O) groups is 1. The van der Waals surface area contributed by atoms with E-state index in [0.717, 1.165) is 0 Å². The number of hydrogen-bond acceptors (Lipinski definition) is 5. The predicted molar refractivity (Wildman–Crippen MR) is 99.1 cm³/mol. The summed E-state index contributed by atoms with van der Waals surface area (Å²) < 4.78 is 1.42. The van der Waals surface area contributed by atoms with Crippen LogP contribution in [0.4, 0.5) is 0 Å². The van der Waals surface area contributed by atoms with Gasteiger partial charge in [0.1, 0.15) is 0 Å². The molecule has 0 bridgehead atoms. The van der Waals surface area contributed by atoms with E-state index in [-0.39, 0.29) is 10.7 Å². The maximum absolute atomic E-state index is 10.9. The summed E-state index contributed by atoms with van der Waals surface area (Å²) in [6.07, 6.45) is 1.54. The molecule has 0 aliphatic heterocycles. The van der Waals surface area contributed by atoms with E-state index < -0.39 is 5.97 Å². The Bertz CT molecular complexity index is 971. The van der Waals surface area contributed by atoms with Gasteiger partial charge >= 0.3 is 5.97 Å². The van der Waals surface area contributed by atoms with Crippen molar-refractivity contribution in [1.82, 2.24) is 14.9 Å². The number of carboxylic acid groups (broad SMARTS) is 1. The second-order valence-electron chi connectivity index (χ2n) is 4.93. The molecule has 1 aromatic heterocycles. The molecule has 9 heteroatoms. The summed E-state index contributed by atoms with van der Waals surface area (Å²) in [7, 11) is 0. The minimum absolute atomic E-state index is 0.199. The summed E-state index contributed by atoms with van der Waals surface area (Å²) in [5.74, 6) is -0.579. The summed E-state index contributed by atoms with van der Waals surface area (Å²) >= 11 is 16.4. The third-order valence-electron chi connectivity index (χ3n) is 3.28. The molecule has 0 fully saturated rings. The van der Waals surface area contributed by atoms with E-state index >= 15 is 0 Å². The van der Waals surface area contributed by atoms with Crippen molar-refractivity contribution in [2.24, 2.45) is 5.10 Å². The Morgan fingerprint density at radius 3 is 2.52 bits per heavy atom. The van der Waals surface area contributed by atoms with Crippen LogP contribution >= 0.6 is 35.8 Å². The van der Waals surface area contributed by atoms with Crippen LogP contribution in [0.25, 0.3) is 11.4 Å². The van der Waals surface area contributed by atoms with Gasteiger partial charge in [-0.05, 0) is 35.9 Å². The van der Waals surface area contributed by atoms with Crippen LogP contribution in [-0.2, 0) is 0 Å². The number of halogens is 2. The number of aromatic carboxylic acids is 1. The minimum atomic E-state index is -0.986. The second kappa shape index (κ2) is 7.26. The lowest BCUT2D eigenvalue weighted by molar-refractivity contribution is 0.0697. The van der Waals surface area contributed by atoms with E-state index in [1.54, 1.807) is 36.5 Å². The van der Waals surface area contributed by atoms with Crippen LogP contribution < -0.4 is 0 Å². The number of rotatable bonds is 4. The van der Waals surface area contributed by atoms with Crippen LogP contribution in [0.5, 0.6) is 0 Å². The molecule has 0 saturated carbocycles. The number of thiol groups is 1. The highest BCUT2D eigenvalue weighted by Crippen LogP contribution is 2.30. The Balaban J connectivity index is 1.95. The van der Waals surface area contributed by atoms with Gasteiger partial charge in [-0.1, -0.05) is 35.3 Å². The highest BCUT2D eigenvalue weighted by molar-refractivity contribution is 7.80. The van der Waals surface area contributed by atoms with Gasteiger partial charge in [0.05, 0.1) is 16.8 Å². The molecule has 0 radical (unpaired) electrons. The highest BCUT2D eigenvalue weighted by Gasteiger charge is 2.14. The van der Waals surface area contributed by atoms with E-state index in [9.17, 15) is 4.79 Å². The van der Waals surface area contributed by atoms with Crippen LogP contribution in [0.3, 0.4) is 0 Å². The van der Waals surface area contributed by atoms with Crippen molar-refractivity contribution in [3.8, 4) is 11.4 Å². The van der Waals surface area contributed by atoms with Crippen LogP contribution in [-0.4, -0.2) is 32.2 Å². The van der Waals surface area contributed by atoms with Gasteiger partial charge in [-0.25, -0.2) is 4.79 Å². The van der Waals surface area contributed by atoms with E-state index in [4.69, 9.17) is 28.3 Å². The van der Waals surface area contributed by atoms with Crippen molar-refractivity contribution in [1.29, 1.82) is 0 Å². The molecule has 6 nitrogen and oxygen atoms in total. The van der Waals surface area contributed by atoms with Crippen LogP contribution in [0.1, 0.15) is 15.9 Å². The molecule has 0 atom stereocenters. The largest absolute Gasteiger partial charge is 0.478 e. The Labute approximate surface area is 158 Å². The highest BCUT2D eigenvalue weighted by atomic mass is 35.5. The Morgan fingerprint density at radius 2 is 1.88 bits per heavy atom. The van der Waals surface area contributed by atoms with Crippen molar-refractivity contribution < 1.29 is 9.90 Å². The average Bonchev–Trinajstić information content (AvgIpc) is 2.94. The van der Waals surface area contributed by atoms with Gasteiger partial charge in [0.2, 0.25) is 5.16 Å². The van der Waals surface area contributed by atoms with E-state index in [1.165, 1.54) is 16.8 Å². The molecule has 0 aliphatic rings.